The number of hydrogen-bond acceptors (Lipinski definition) is 0. The van der Waals surface area contributed by atoms with Gasteiger partial charge in [-0.3, -0.25) is 0 Å². The van der Waals surface area contributed by atoms with Crippen molar-refractivity contribution >= 4 is 34.7 Å². The van der Waals surface area contributed by atoms with Gasteiger partial charge in [-0.25, -0.2) is 0 Å². The molecule has 1 aliphatic rings. The molecule has 1 atom stereocenters. The van der Waals surface area contributed by atoms with Crippen molar-refractivity contribution in [1.82, 2.24) is 4.98 Å². The molecular formula is C10H10IN. The molecule has 0 spiro atoms. The van der Waals surface area contributed by atoms with Crippen LogP contribution in [0.4, 0.5) is 0 Å². The average molecular weight is 271 g/mol. The molecule has 0 radical (unpaired) electrons. The van der Waals surface area contributed by atoms with E-state index in [1.54, 1.807) is 0 Å². The number of alkyl halides is 1. The highest BCUT2D eigenvalue weighted by molar-refractivity contribution is 14.1. The van der Waals surface area contributed by atoms with Gasteiger partial charge in [-0.1, -0.05) is 40.8 Å². The second kappa shape index (κ2) is 2.76. The molecule has 1 nitrogen and oxygen atoms in total. The van der Waals surface area contributed by atoms with Crippen LogP contribution in [0.15, 0.2) is 24.4 Å². The van der Waals surface area contributed by atoms with E-state index in [4.69, 9.17) is 0 Å². The predicted octanol–water partition coefficient (Wildman–Crippen LogP) is 3.25. The highest BCUT2D eigenvalue weighted by Gasteiger charge is 2.14. The summed E-state index contributed by atoms with van der Waals surface area (Å²) in [5.74, 6) is 0. The molecule has 0 fully saturated rings. The topological polar surface area (TPSA) is 15.8 Å². The monoisotopic (exact) mass is 271 g/mol. The van der Waals surface area contributed by atoms with Gasteiger partial charge in [-0.05, 0) is 24.6 Å². The average Bonchev–Trinajstić information content (AvgIpc) is 2.40. The fourth-order valence-electron chi connectivity index (χ4n) is 1.24. The van der Waals surface area contributed by atoms with E-state index in [0.29, 0.717) is 0 Å². The van der Waals surface area contributed by atoms with Gasteiger partial charge in [0.05, 0.1) is 3.42 Å². The van der Waals surface area contributed by atoms with Crippen LogP contribution in [0.1, 0.15) is 18.2 Å². The van der Waals surface area contributed by atoms with Gasteiger partial charge in [0.25, 0.3) is 0 Å². The summed E-state index contributed by atoms with van der Waals surface area (Å²) in [5, 5.41) is 0. The predicted molar refractivity (Wildman–Crippen MR) is 61.3 cm³/mol. The van der Waals surface area contributed by atoms with Gasteiger partial charge in [0.2, 0.25) is 0 Å². The minimum atomic E-state index is 0.150. The van der Waals surface area contributed by atoms with Crippen LogP contribution >= 0.6 is 22.6 Å². The Hall–Kier alpha value is -0.510. The van der Waals surface area contributed by atoms with E-state index in [1.165, 1.54) is 11.3 Å². The number of rotatable bonds is 0. The van der Waals surface area contributed by atoms with Gasteiger partial charge < -0.3 is 4.98 Å². The van der Waals surface area contributed by atoms with Crippen molar-refractivity contribution in [3.05, 3.63) is 35.7 Å². The van der Waals surface area contributed by atoms with Crippen molar-refractivity contribution in [2.24, 2.45) is 0 Å². The fraction of sp³-hybridized carbons (Fsp3) is 0.200. The van der Waals surface area contributed by atoms with Gasteiger partial charge in [-0.15, -0.1) is 0 Å². The number of halogens is 1. The summed E-state index contributed by atoms with van der Waals surface area (Å²) in [4.78, 5) is 3.19. The summed E-state index contributed by atoms with van der Waals surface area (Å²) in [7, 11) is 0. The molecular weight excluding hydrogens is 261 g/mol. The molecule has 0 bridgehead atoms. The van der Waals surface area contributed by atoms with Gasteiger partial charge in [0.15, 0.2) is 0 Å². The Morgan fingerprint density at radius 3 is 2.92 bits per heavy atom. The molecule has 0 aliphatic heterocycles. The zero-order valence-electron chi connectivity index (χ0n) is 6.84. The minimum absolute atomic E-state index is 0.150. The maximum Gasteiger partial charge on any atom is 0.0559 e. The maximum atomic E-state index is 3.19. The number of fused-ring (bicyclic) bond motifs is 1. The van der Waals surface area contributed by atoms with Gasteiger partial charge in [0, 0.05) is 11.9 Å². The molecule has 0 saturated carbocycles. The minimum Gasteiger partial charge on any atom is -0.361 e. The zero-order chi connectivity index (χ0) is 8.60. The lowest BCUT2D eigenvalue weighted by Gasteiger charge is -2.09. The molecule has 1 N–H and O–H groups in total. The van der Waals surface area contributed by atoms with E-state index in [0.717, 1.165) is 0 Å². The van der Waals surface area contributed by atoms with Crippen molar-refractivity contribution in [3.63, 3.8) is 0 Å². The first-order valence-corrected chi connectivity index (χ1v) is 5.00. The van der Waals surface area contributed by atoms with Gasteiger partial charge >= 0.3 is 0 Å². The lowest BCUT2D eigenvalue weighted by molar-refractivity contribution is 1.07. The van der Waals surface area contributed by atoms with Crippen molar-refractivity contribution in [2.75, 3.05) is 0 Å². The number of aromatic nitrogens is 1. The van der Waals surface area contributed by atoms with Crippen molar-refractivity contribution in [1.29, 1.82) is 0 Å². The van der Waals surface area contributed by atoms with E-state index in [2.05, 4.69) is 64.9 Å². The molecule has 1 aliphatic carbocycles. The van der Waals surface area contributed by atoms with Crippen LogP contribution in [0.5, 0.6) is 0 Å². The van der Waals surface area contributed by atoms with Crippen molar-refractivity contribution < 1.29 is 0 Å². The summed E-state index contributed by atoms with van der Waals surface area (Å²) in [6.45, 7) is 2.19. The fourth-order valence-corrected chi connectivity index (χ4v) is 1.60. The molecule has 0 amide bonds. The van der Waals surface area contributed by atoms with Crippen LogP contribution in [-0.2, 0) is 0 Å². The summed E-state index contributed by atoms with van der Waals surface area (Å²) in [5.41, 5.74) is 2.47. The third-order valence-electron chi connectivity index (χ3n) is 1.98. The summed E-state index contributed by atoms with van der Waals surface area (Å²) in [6.07, 6.45) is 10.7. The van der Waals surface area contributed by atoms with E-state index in [1.807, 2.05) is 6.20 Å². The third kappa shape index (κ3) is 1.48. The standard InChI is InChI=1S/C10H10IN/c1-10(11)5-2-8-4-7-12-9(8)3-6-10/h2-7,12H,1H3. The van der Waals surface area contributed by atoms with E-state index in [-0.39, 0.29) is 3.42 Å². The molecule has 1 heterocycles. The molecule has 1 aromatic rings. The zero-order valence-corrected chi connectivity index (χ0v) is 9.00. The number of nitrogens with one attached hydrogen (secondary N) is 1. The molecule has 1 unspecified atom stereocenters. The van der Waals surface area contributed by atoms with Crippen LogP contribution in [0.25, 0.3) is 12.2 Å². The lowest BCUT2D eigenvalue weighted by atomic mass is 10.1. The number of hydrogen-bond donors (Lipinski definition) is 1. The maximum absolute atomic E-state index is 3.19. The first-order valence-electron chi connectivity index (χ1n) is 3.92. The van der Waals surface area contributed by atoms with E-state index < -0.39 is 0 Å². The summed E-state index contributed by atoms with van der Waals surface area (Å²) >= 11 is 2.42. The molecule has 0 aromatic carbocycles. The van der Waals surface area contributed by atoms with Gasteiger partial charge in [0.1, 0.15) is 0 Å². The Kier molecular flexibility index (Phi) is 1.87. The normalized spacial score (nSPS) is 26.8. The highest BCUT2D eigenvalue weighted by Crippen LogP contribution is 2.27. The van der Waals surface area contributed by atoms with Crippen LogP contribution in [0.3, 0.4) is 0 Å². The van der Waals surface area contributed by atoms with Crippen molar-refractivity contribution in [3.8, 4) is 0 Å². The summed E-state index contributed by atoms with van der Waals surface area (Å²) < 4.78 is 0.150. The second-order valence-corrected chi connectivity index (χ2v) is 5.49. The Morgan fingerprint density at radius 1 is 1.33 bits per heavy atom. The van der Waals surface area contributed by atoms with E-state index >= 15 is 0 Å². The van der Waals surface area contributed by atoms with E-state index in [9.17, 15) is 0 Å². The first kappa shape index (κ1) is 8.10. The molecule has 0 saturated heterocycles. The Labute approximate surface area is 85.7 Å². The quantitative estimate of drug-likeness (QED) is 0.550. The van der Waals surface area contributed by atoms with Gasteiger partial charge in [-0.2, -0.15) is 0 Å². The molecule has 2 rings (SSSR count). The molecule has 62 valence electrons. The third-order valence-corrected chi connectivity index (χ3v) is 2.70. The Bertz CT molecular complexity index is 314. The lowest BCUT2D eigenvalue weighted by Crippen LogP contribution is -2.04. The highest BCUT2D eigenvalue weighted by atomic mass is 127. The molecule has 12 heavy (non-hydrogen) atoms. The molecule has 2 heteroatoms. The Balaban J connectivity index is 2.49. The first-order chi connectivity index (χ1) is 5.67. The number of aromatic amines is 1. The van der Waals surface area contributed by atoms with Crippen LogP contribution < -0.4 is 0 Å². The van der Waals surface area contributed by atoms with Crippen molar-refractivity contribution in [2.45, 2.75) is 10.3 Å². The van der Waals surface area contributed by atoms with Crippen LogP contribution in [0, 0.1) is 0 Å². The smallest absolute Gasteiger partial charge is 0.0559 e. The second-order valence-electron chi connectivity index (χ2n) is 3.16. The largest absolute Gasteiger partial charge is 0.361 e. The Morgan fingerprint density at radius 2 is 2.08 bits per heavy atom. The summed E-state index contributed by atoms with van der Waals surface area (Å²) in [6, 6.07) is 2.09. The number of H-pyrrole nitrogens is 1. The SMILES string of the molecule is CC1(I)C=Cc2cc[nH]c2C=C1. The van der Waals surface area contributed by atoms with Crippen LogP contribution in [-0.4, -0.2) is 8.41 Å². The molecule has 1 aromatic heterocycles. The van der Waals surface area contributed by atoms with Crippen LogP contribution in [0.2, 0.25) is 0 Å². The number of allylic oxidation sites excluding steroid dienone is 2.